The van der Waals surface area contributed by atoms with Crippen molar-refractivity contribution in [2.45, 2.75) is 123 Å². The first-order chi connectivity index (χ1) is 29.1. The van der Waals surface area contributed by atoms with Gasteiger partial charge in [0.05, 0.1) is 25.7 Å². The van der Waals surface area contributed by atoms with E-state index >= 15 is 0 Å². The number of nitrogens with one attached hydrogen (secondary N) is 4. The molecule has 0 bridgehead atoms. The maximum Gasteiger partial charge on any atom is 0.290 e. The number of benzene rings is 2. The lowest BCUT2D eigenvalue weighted by atomic mass is 10.0. The van der Waals surface area contributed by atoms with E-state index in [4.69, 9.17) is 14.6 Å². The average molecular weight is 842 g/mol. The van der Waals surface area contributed by atoms with Crippen LogP contribution in [0.3, 0.4) is 0 Å². The number of ketones is 1. The van der Waals surface area contributed by atoms with Crippen molar-refractivity contribution >= 4 is 42.1 Å². The lowest BCUT2D eigenvalue weighted by Gasteiger charge is -2.31. The van der Waals surface area contributed by atoms with Crippen LogP contribution in [0.2, 0.25) is 0 Å². The van der Waals surface area contributed by atoms with Gasteiger partial charge in [-0.25, -0.2) is 0 Å². The fourth-order valence-electron chi connectivity index (χ4n) is 6.12. The van der Waals surface area contributed by atoms with Crippen LogP contribution in [0.4, 0.5) is 0 Å². The van der Waals surface area contributed by atoms with Crippen molar-refractivity contribution in [2.24, 2.45) is 0 Å². The Bertz CT molecular complexity index is 1490. The second kappa shape index (κ2) is 35.8. The molecule has 5 N–H and O–H groups in total. The van der Waals surface area contributed by atoms with Gasteiger partial charge in [-0.05, 0) is 49.4 Å². The smallest absolute Gasteiger partial charge is 0.290 e. The fraction of sp³-hybridized carbons (Fsp3) is 0.578. The molecule has 0 heterocycles. The summed E-state index contributed by atoms with van der Waals surface area (Å²) >= 11 is 0. The molecule has 0 aromatic heterocycles. The van der Waals surface area contributed by atoms with Crippen molar-refractivity contribution in [2.75, 3.05) is 47.1 Å². The van der Waals surface area contributed by atoms with Crippen LogP contribution in [0.1, 0.15) is 115 Å². The van der Waals surface area contributed by atoms with E-state index in [0.29, 0.717) is 37.5 Å². The van der Waals surface area contributed by atoms with Crippen molar-refractivity contribution in [3.05, 3.63) is 65.7 Å². The van der Waals surface area contributed by atoms with E-state index in [1.165, 1.54) is 49.0 Å². The number of ether oxygens (including phenoxy) is 2. The van der Waals surface area contributed by atoms with E-state index in [-0.39, 0.29) is 19.5 Å². The number of aldehydes is 1. The summed E-state index contributed by atoms with van der Waals surface area (Å²) in [7, 11) is 2.71. The normalized spacial score (nSPS) is 12.9. The van der Waals surface area contributed by atoms with Crippen molar-refractivity contribution in [3.8, 4) is 5.75 Å². The summed E-state index contributed by atoms with van der Waals surface area (Å²) in [5.41, 5.74) is 1.88. The summed E-state index contributed by atoms with van der Waals surface area (Å²) < 4.78 is 10.5. The van der Waals surface area contributed by atoms with E-state index in [0.717, 1.165) is 38.9 Å². The third kappa shape index (κ3) is 23.4. The predicted octanol–water partition coefficient (Wildman–Crippen LogP) is 4.39. The van der Waals surface area contributed by atoms with Crippen molar-refractivity contribution in [1.82, 2.24) is 26.2 Å². The van der Waals surface area contributed by atoms with Crippen LogP contribution < -0.4 is 26.0 Å². The summed E-state index contributed by atoms with van der Waals surface area (Å²) in [6.45, 7) is 8.30. The van der Waals surface area contributed by atoms with Gasteiger partial charge in [-0.1, -0.05) is 115 Å². The van der Waals surface area contributed by atoms with Gasteiger partial charge in [0, 0.05) is 33.8 Å². The first-order valence-electron chi connectivity index (χ1n) is 21.1. The number of Topliss-reactive ketones (excluding diaryl/α,β-unsaturated/α-hetero) is 1. The number of hydrogen-bond acceptors (Lipinski definition) is 10. The summed E-state index contributed by atoms with van der Waals surface area (Å²) in [4.78, 5) is 86.4. The van der Waals surface area contributed by atoms with Crippen molar-refractivity contribution in [1.29, 1.82) is 0 Å². The summed E-state index contributed by atoms with van der Waals surface area (Å²) in [5.74, 6) is -2.77. The number of rotatable bonds is 24. The van der Waals surface area contributed by atoms with E-state index in [1.54, 1.807) is 51.3 Å². The predicted molar refractivity (Wildman–Crippen MR) is 232 cm³/mol. The zero-order valence-corrected chi connectivity index (χ0v) is 36.7. The third-order valence-electron chi connectivity index (χ3n) is 9.26. The number of amides is 5. The molecule has 60 heavy (non-hydrogen) atoms. The quantitative estimate of drug-likeness (QED) is 0.0572. The largest absolute Gasteiger partial charge is 0.493 e. The van der Waals surface area contributed by atoms with Crippen LogP contribution in [0, 0.1) is 0 Å². The topological polar surface area (TPSA) is 210 Å². The third-order valence-corrected chi connectivity index (χ3v) is 9.26. The number of hydrogen-bond donors (Lipinski definition) is 5. The Morgan fingerprint density at radius 3 is 1.97 bits per heavy atom. The molecule has 5 amide bonds. The molecule has 1 saturated carbocycles. The number of nitrogens with zero attached hydrogens (tertiary/aromatic N) is 1. The standard InChI is InChI=1S/C26H37N5O7.C12H18O2.C6H12.CH4O/c1-4-10-19(30-25(37)21(11-5-2)31(6-3)23(35)15-27-17-33)24(36)26(38)28-14-22(34)29-20(16-32)18-12-8-7-9-13-18;1-3-11-6-4-7-12(10-11)14-9-5-8-13-2;1-2-4-6-5-3-1;1-2/h7-9,12-13,16-17,19-21H,4-6,10-11,14-15H2,1-3H3,(H,27,33)(H,28,38)(H,29,34)(H,30,37);4,6-7,10H,3,5,8-9H2,1-2H3;1-6H2;2H,1H3. The Balaban J connectivity index is 0.00000127. The minimum Gasteiger partial charge on any atom is -0.493 e. The molecule has 0 radical (unpaired) electrons. The van der Waals surface area contributed by atoms with Gasteiger partial charge >= 0.3 is 0 Å². The second-order valence-corrected chi connectivity index (χ2v) is 13.8. The first kappa shape index (κ1) is 54.9. The minimum atomic E-state index is -1.16. The SMILES string of the molecule is C1CCCCC1.CCCC(NC(=O)C(CCC)N(CC)C(=O)CNC=O)C(=O)C(=O)NCC(=O)NC(C=O)c1ccccc1.CCc1cccc(OCCCOC)c1.CO. The van der Waals surface area contributed by atoms with E-state index in [9.17, 15) is 33.6 Å². The van der Waals surface area contributed by atoms with E-state index in [1.807, 2.05) is 19.1 Å². The molecule has 3 unspecified atom stereocenters. The number of methoxy groups -OCH3 is 1. The molecule has 15 nitrogen and oxygen atoms in total. The molecule has 0 aliphatic heterocycles. The molecule has 3 rings (SSSR count). The molecule has 2 aromatic rings. The van der Waals surface area contributed by atoms with Crippen molar-refractivity contribution < 1.29 is 48.1 Å². The maximum atomic E-state index is 13.1. The Morgan fingerprint density at radius 1 is 0.800 bits per heavy atom. The van der Waals surface area contributed by atoms with Crippen LogP contribution in [-0.4, -0.2) is 111 Å². The number of aliphatic hydroxyl groups is 1. The van der Waals surface area contributed by atoms with Crippen LogP contribution in [-0.2, 0) is 44.7 Å². The highest BCUT2D eigenvalue weighted by Crippen LogP contribution is 2.16. The number of carbonyl (C=O) groups excluding carboxylic acids is 7. The van der Waals surface area contributed by atoms with Crippen molar-refractivity contribution in [3.63, 3.8) is 0 Å². The highest BCUT2D eigenvalue weighted by molar-refractivity contribution is 6.38. The lowest BCUT2D eigenvalue weighted by molar-refractivity contribution is -0.143. The van der Waals surface area contributed by atoms with Gasteiger partial charge in [0.15, 0.2) is 0 Å². The Kier molecular flexibility index (Phi) is 32.7. The lowest BCUT2D eigenvalue weighted by Crippen LogP contribution is -2.56. The molecule has 1 aliphatic carbocycles. The number of likely N-dealkylation sites (N-methyl/N-ethyl adjacent to an activating group) is 1. The molecule has 15 heteroatoms. The van der Waals surface area contributed by atoms with Crippen LogP contribution in [0.25, 0.3) is 0 Å². The number of aliphatic hydroxyl groups excluding tert-OH is 1. The van der Waals surface area contributed by atoms with Gasteiger partial charge in [0.25, 0.3) is 5.91 Å². The molecule has 2 aromatic carbocycles. The highest BCUT2D eigenvalue weighted by atomic mass is 16.5. The molecular formula is C45H71N5O10. The second-order valence-electron chi connectivity index (χ2n) is 13.8. The fourth-order valence-corrected chi connectivity index (χ4v) is 6.12. The molecule has 0 spiro atoms. The minimum absolute atomic E-state index is 0.164. The average Bonchev–Trinajstić information content (AvgIpc) is 3.29. The van der Waals surface area contributed by atoms with Crippen LogP contribution in [0.15, 0.2) is 54.6 Å². The molecule has 1 aliphatic rings. The van der Waals surface area contributed by atoms with Gasteiger partial charge < -0.3 is 45.5 Å². The Hall–Kier alpha value is -5.15. The Morgan fingerprint density at radius 2 is 1.43 bits per heavy atom. The van der Waals surface area contributed by atoms with Gasteiger partial charge in [0.2, 0.25) is 29.9 Å². The monoisotopic (exact) mass is 842 g/mol. The van der Waals surface area contributed by atoms with E-state index < -0.39 is 54.1 Å². The Labute approximate surface area is 357 Å². The van der Waals surface area contributed by atoms with Gasteiger partial charge in [0.1, 0.15) is 24.1 Å². The number of carbonyl (C=O) groups is 7. The summed E-state index contributed by atoms with van der Waals surface area (Å²) in [6, 6.07) is 13.8. The molecule has 1 fully saturated rings. The van der Waals surface area contributed by atoms with Crippen LogP contribution in [0.5, 0.6) is 5.75 Å². The summed E-state index contributed by atoms with van der Waals surface area (Å²) in [5, 5.41) is 16.6. The number of aryl methyl sites for hydroxylation is 1. The highest BCUT2D eigenvalue weighted by Gasteiger charge is 2.32. The maximum absolute atomic E-state index is 13.1. The van der Waals surface area contributed by atoms with Gasteiger partial charge in [-0.2, -0.15) is 0 Å². The first-order valence-corrected chi connectivity index (χ1v) is 21.1. The van der Waals surface area contributed by atoms with Crippen LogP contribution >= 0.6 is 0 Å². The zero-order valence-electron chi connectivity index (χ0n) is 36.7. The van der Waals surface area contributed by atoms with E-state index in [2.05, 4.69) is 40.3 Å². The van der Waals surface area contributed by atoms with Gasteiger partial charge in [-0.15, -0.1) is 0 Å². The molecule has 3 atom stereocenters. The van der Waals surface area contributed by atoms with Gasteiger partial charge in [-0.3, -0.25) is 28.8 Å². The summed E-state index contributed by atoms with van der Waals surface area (Å²) in [6.07, 6.45) is 13.4. The molecule has 0 saturated heterocycles. The molecule has 336 valence electrons. The molecular weight excluding hydrogens is 771 g/mol. The zero-order chi connectivity index (χ0) is 45.0.